The van der Waals surface area contributed by atoms with Crippen LogP contribution in [0.15, 0.2) is 22.7 Å². The average Bonchev–Trinajstić information content (AvgIpc) is 2.66. The van der Waals surface area contributed by atoms with E-state index in [1.165, 1.54) is 5.56 Å². The van der Waals surface area contributed by atoms with Gasteiger partial charge >= 0.3 is 0 Å². The number of benzene rings is 1. The van der Waals surface area contributed by atoms with Gasteiger partial charge in [0.1, 0.15) is 5.75 Å². The van der Waals surface area contributed by atoms with Gasteiger partial charge in [0.15, 0.2) is 0 Å². The minimum atomic E-state index is 0.147. The Labute approximate surface area is 134 Å². The van der Waals surface area contributed by atoms with Crippen LogP contribution in [-0.2, 0) is 13.0 Å². The highest BCUT2D eigenvalue weighted by Crippen LogP contribution is 2.25. The van der Waals surface area contributed by atoms with Gasteiger partial charge in [0, 0.05) is 11.6 Å². The van der Waals surface area contributed by atoms with Crippen LogP contribution in [0, 0.1) is 13.8 Å². The second-order valence-corrected chi connectivity index (χ2v) is 6.26. The molecular weight excluding hydrogens is 330 g/mol. The van der Waals surface area contributed by atoms with Crippen LogP contribution in [0.25, 0.3) is 0 Å². The van der Waals surface area contributed by atoms with Crippen molar-refractivity contribution in [3.8, 4) is 5.75 Å². The van der Waals surface area contributed by atoms with E-state index >= 15 is 0 Å². The second kappa shape index (κ2) is 6.62. The largest absolute Gasteiger partial charge is 0.496 e. The van der Waals surface area contributed by atoms with Crippen molar-refractivity contribution in [3.05, 3.63) is 45.2 Å². The third-order valence-electron chi connectivity index (χ3n) is 3.52. The zero-order chi connectivity index (χ0) is 15.6. The summed E-state index contributed by atoms with van der Waals surface area (Å²) in [5.41, 5.74) is 10.3. The first-order chi connectivity index (χ1) is 9.92. The fourth-order valence-electron chi connectivity index (χ4n) is 2.44. The first-order valence-corrected chi connectivity index (χ1v) is 7.82. The summed E-state index contributed by atoms with van der Waals surface area (Å²) >= 11 is 3.56. The smallest absolute Gasteiger partial charge is 0.123 e. The molecule has 1 aromatic heterocycles. The van der Waals surface area contributed by atoms with Crippen LogP contribution in [0.3, 0.4) is 0 Å². The molecule has 1 aromatic carbocycles. The molecule has 2 N–H and O–H groups in total. The SMILES string of the molecule is COc1ccc(CC(C)N)cc1Cn1nc(C)c(Br)c1C. The van der Waals surface area contributed by atoms with Crippen LogP contribution in [0.4, 0.5) is 0 Å². The highest BCUT2D eigenvalue weighted by molar-refractivity contribution is 9.10. The summed E-state index contributed by atoms with van der Waals surface area (Å²) < 4.78 is 8.53. The standard InChI is InChI=1S/C16H22BrN3O/c1-10(18)7-13-5-6-15(21-4)14(8-13)9-20-12(3)16(17)11(2)19-20/h5-6,8,10H,7,9,18H2,1-4H3. The predicted molar refractivity (Wildman–Crippen MR) is 88.9 cm³/mol. The highest BCUT2D eigenvalue weighted by Gasteiger charge is 2.12. The van der Waals surface area contributed by atoms with Gasteiger partial charge in [-0.3, -0.25) is 4.68 Å². The molecule has 4 nitrogen and oxygen atoms in total. The van der Waals surface area contributed by atoms with Crippen LogP contribution in [-0.4, -0.2) is 22.9 Å². The Balaban J connectivity index is 2.34. The fourth-order valence-corrected chi connectivity index (χ4v) is 2.73. The molecule has 114 valence electrons. The van der Waals surface area contributed by atoms with Gasteiger partial charge in [-0.05, 0) is 54.8 Å². The minimum Gasteiger partial charge on any atom is -0.496 e. The molecule has 1 atom stereocenters. The number of methoxy groups -OCH3 is 1. The second-order valence-electron chi connectivity index (χ2n) is 5.47. The van der Waals surface area contributed by atoms with Gasteiger partial charge in [-0.2, -0.15) is 5.10 Å². The van der Waals surface area contributed by atoms with E-state index in [0.717, 1.165) is 33.6 Å². The fraction of sp³-hybridized carbons (Fsp3) is 0.438. The lowest BCUT2D eigenvalue weighted by Crippen LogP contribution is -2.18. The Morgan fingerprint density at radius 2 is 2.10 bits per heavy atom. The number of ether oxygens (including phenoxy) is 1. The zero-order valence-corrected chi connectivity index (χ0v) is 14.6. The van der Waals surface area contributed by atoms with Crippen LogP contribution in [0.1, 0.15) is 29.4 Å². The van der Waals surface area contributed by atoms with E-state index in [4.69, 9.17) is 10.5 Å². The minimum absolute atomic E-state index is 0.147. The lowest BCUT2D eigenvalue weighted by atomic mass is 10.0. The van der Waals surface area contributed by atoms with Crippen molar-refractivity contribution in [2.45, 2.75) is 39.8 Å². The molecule has 0 saturated heterocycles. The van der Waals surface area contributed by atoms with Crippen molar-refractivity contribution in [2.75, 3.05) is 7.11 Å². The number of aromatic nitrogens is 2. The average molecular weight is 352 g/mol. The van der Waals surface area contributed by atoms with E-state index in [1.54, 1.807) is 7.11 Å². The molecule has 1 unspecified atom stereocenters. The van der Waals surface area contributed by atoms with E-state index in [0.29, 0.717) is 6.54 Å². The number of hydrogen-bond donors (Lipinski definition) is 1. The molecule has 5 heteroatoms. The van der Waals surface area contributed by atoms with E-state index in [-0.39, 0.29) is 6.04 Å². The maximum atomic E-state index is 5.89. The third kappa shape index (κ3) is 3.66. The van der Waals surface area contributed by atoms with E-state index in [9.17, 15) is 0 Å². The predicted octanol–water partition coefficient (Wildman–Crippen LogP) is 3.21. The number of halogens is 1. The summed E-state index contributed by atoms with van der Waals surface area (Å²) in [7, 11) is 1.70. The molecule has 0 radical (unpaired) electrons. The molecule has 0 amide bonds. The highest BCUT2D eigenvalue weighted by atomic mass is 79.9. The van der Waals surface area contributed by atoms with Crippen LogP contribution < -0.4 is 10.5 Å². The molecule has 1 heterocycles. The number of nitrogens with zero attached hydrogens (tertiary/aromatic N) is 2. The summed E-state index contributed by atoms with van der Waals surface area (Å²) in [5, 5.41) is 4.56. The number of nitrogens with two attached hydrogens (primary N) is 1. The lowest BCUT2D eigenvalue weighted by molar-refractivity contribution is 0.407. The monoisotopic (exact) mass is 351 g/mol. The Morgan fingerprint density at radius 3 is 2.62 bits per heavy atom. The first kappa shape index (κ1) is 16.0. The Hall–Kier alpha value is -1.33. The summed E-state index contributed by atoms with van der Waals surface area (Å²) in [5.74, 6) is 0.882. The quantitative estimate of drug-likeness (QED) is 0.899. The molecule has 0 spiro atoms. The third-order valence-corrected chi connectivity index (χ3v) is 4.66. The molecule has 0 aliphatic carbocycles. The molecule has 0 fully saturated rings. The van der Waals surface area contributed by atoms with Gasteiger partial charge in [-0.25, -0.2) is 0 Å². The van der Waals surface area contributed by atoms with E-state index in [1.807, 2.05) is 24.6 Å². The molecule has 0 saturated carbocycles. The van der Waals surface area contributed by atoms with Gasteiger partial charge in [0.05, 0.1) is 29.5 Å². The lowest BCUT2D eigenvalue weighted by Gasteiger charge is -2.13. The number of aryl methyl sites for hydroxylation is 1. The van der Waals surface area contributed by atoms with Crippen molar-refractivity contribution in [1.29, 1.82) is 0 Å². The van der Waals surface area contributed by atoms with E-state index in [2.05, 4.69) is 40.1 Å². The molecule has 0 aliphatic rings. The Kier molecular flexibility index (Phi) is 5.06. The van der Waals surface area contributed by atoms with Crippen molar-refractivity contribution in [3.63, 3.8) is 0 Å². The van der Waals surface area contributed by atoms with Crippen LogP contribution in [0.5, 0.6) is 5.75 Å². The van der Waals surface area contributed by atoms with Gasteiger partial charge in [0.2, 0.25) is 0 Å². The van der Waals surface area contributed by atoms with Gasteiger partial charge < -0.3 is 10.5 Å². The zero-order valence-electron chi connectivity index (χ0n) is 13.0. The molecule has 0 aliphatic heterocycles. The normalized spacial score (nSPS) is 12.5. The van der Waals surface area contributed by atoms with Crippen LogP contribution in [0.2, 0.25) is 0 Å². The van der Waals surface area contributed by atoms with Crippen molar-refractivity contribution < 1.29 is 4.74 Å². The molecule has 2 aromatic rings. The Morgan fingerprint density at radius 1 is 1.38 bits per heavy atom. The molecular formula is C16H22BrN3O. The summed E-state index contributed by atoms with van der Waals surface area (Å²) in [6.07, 6.45) is 0.859. The van der Waals surface area contributed by atoms with Gasteiger partial charge in [-0.15, -0.1) is 0 Å². The summed E-state index contributed by atoms with van der Waals surface area (Å²) in [4.78, 5) is 0. The maximum Gasteiger partial charge on any atom is 0.123 e. The van der Waals surface area contributed by atoms with Gasteiger partial charge in [-0.1, -0.05) is 12.1 Å². The van der Waals surface area contributed by atoms with Crippen molar-refractivity contribution in [1.82, 2.24) is 9.78 Å². The first-order valence-electron chi connectivity index (χ1n) is 7.03. The van der Waals surface area contributed by atoms with Crippen molar-refractivity contribution in [2.24, 2.45) is 5.73 Å². The van der Waals surface area contributed by atoms with Gasteiger partial charge in [0.25, 0.3) is 0 Å². The molecule has 0 bridgehead atoms. The number of hydrogen-bond acceptors (Lipinski definition) is 3. The van der Waals surface area contributed by atoms with Crippen molar-refractivity contribution >= 4 is 15.9 Å². The summed E-state index contributed by atoms with van der Waals surface area (Å²) in [6.45, 7) is 6.76. The Bertz CT molecular complexity index is 635. The topological polar surface area (TPSA) is 53.1 Å². The van der Waals surface area contributed by atoms with E-state index < -0.39 is 0 Å². The number of rotatable bonds is 5. The molecule has 21 heavy (non-hydrogen) atoms. The maximum absolute atomic E-state index is 5.89. The summed E-state index contributed by atoms with van der Waals surface area (Å²) in [6, 6.07) is 6.39. The van der Waals surface area contributed by atoms with Crippen LogP contribution >= 0.6 is 15.9 Å². The molecule has 2 rings (SSSR count).